The molecule has 0 amide bonds. The summed E-state index contributed by atoms with van der Waals surface area (Å²) in [6.45, 7) is 3.78. The third-order valence-corrected chi connectivity index (χ3v) is 3.41. The fraction of sp³-hybridized carbons (Fsp3) is 0.385. The van der Waals surface area contributed by atoms with E-state index in [4.69, 9.17) is 0 Å². The predicted octanol–water partition coefficient (Wildman–Crippen LogP) is 2.26. The molecule has 1 aromatic carbocycles. The number of benzene rings is 1. The van der Waals surface area contributed by atoms with Crippen molar-refractivity contribution in [2.75, 3.05) is 13.1 Å². The van der Waals surface area contributed by atoms with Gasteiger partial charge < -0.3 is 10.3 Å². The van der Waals surface area contributed by atoms with Crippen molar-refractivity contribution in [2.45, 2.75) is 19.4 Å². The molecule has 5 heteroatoms. The Kier molecular flexibility index (Phi) is 4.63. The molecule has 98 valence electrons. The molecule has 0 aliphatic heterocycles. The van der Waals surface area contributed by atoms with Gasteiger partial charge in [0.2, 0.25) is 0 Å². The SMILES string of the molecule is C[C@H](CNCCc1c[nH]c2ccc(F)cc12)NS. The monoisotopic (exact) mass is 267 g/mol. The quantitative estimate of drug-likeness (QED) is 0.479. The Labute approximate surface area is 112 Å². The van der Waals surface area contributed by atoms with Gasteiger partial charge in [0.25, 0.3) is 0 Å². The Hall–Kier alpha value is -1.04. The van der Waals surface area contributed by atoms with Gasteiger partial charge in [-0.1, -0.05) is 12.8 Å². The van der Waals surface area contributed by atoms with Crippen molar-refractivity contribution >= 4 is 23.7 Å². The second-order valence-corrected chi connectivity index (χ2v) is 4.75. The standard InChI is InChI=1S/C13H18FN3S/c1-9(17-18)7-15-5-4-10-8-16-13-3-2-11(14)6-12(10)13/h2-3,6,8-9,15-18H,4-5,7H2,1H3/t9-/m1/s1. The van der Waals surface area contributed by atoms with Crippen LogP contribution in [0.15, 0.2) is 24.4 Å². The predicted molar refractivity (Wildman–Crippen MR) is 76.4 cm³/mol. The second-order valence-electron chi connectivity index (χ2n) is 4.49. The minimum atomic E-state index is -0.191. The van der Waals surface area contributed by atoms with Gasteiger partial charge in [-0.3, -0.25) is 4.72 Å². The zero-order valence-electron chi connectivity index (χ0n) is 10.3. The normalized spacial score (nSPS) is 13.1. The molecule has 1 aromatic heterocycles. The molecule has 0 saturated carbocycles. The lowest BCUT2D eigenvalue weighted by atomic mass is 10.1. The van der Waals surface area contributed by atoms with Gasteiger partial charge in [-0.15, -0.1) is 0 Å². The number of thiol groups is 1. The highest BCUT2D eigenvalue weighted by Crippen LogP contribution is 2.19. The molecule has 0 spiro atoms. The highest BCUT2D eigenvalue weighted by molar-refractivity contribution is 7.78. The molecule has 0 saturated heterocycles. The summed E-state index contributed by atoms with van der Waals surface area (Å²) in [4.78, 5) is 3.16. The number of rotatable bonds is 6. The highest BCUT2D eigenvalue weighted by atomic mass is 32.1. The topological polar surface area (TPSA) is 39.9 Å². The smallest absolute Gasteiger partial charge is 0.123 e. The Morgan fingerprint density at radius 1 is 1.44 bits per heavy atom. The molecule has 0 radical (unpaired) electrons. The van der Waals surface area contributed by atoms with E-state index in [0.717, 1.165) is 36.0 Å². The lowest BCUT2D eigenvalue weighted by Crippen LogP contribution is -2.32. The Morgan fingerprint density at radius 3 is 3.06 bits per heavy atom. The molecule has 0 fully saturated rings. The first-order chi connectivity index (χ1) is 8.70. The first kappa shape index (κ1) is 13.4. The first-order valence-electron chi connectivity index (χ1n) is 6.06. The molecule has 0 aliphatic rings. The fourth-order valence-electron chi connectivity index (χ4n) is 1.94. The van der Waals surface area contributed by atoms with E-state index in [9.17, 15) is 4.39 Å². The van der Waals surface area contributed by atoms with Crippen molar-refractivity contribution in [3.8, 4) is 0 Å². The number of hydrogen-bond acceptors (Lipinski definition) is 3. The summed E-state index contributed by atoms with van der Waals surface area (Å²) in [6.07, 6.45) is 2.83. The van der Waals surface area contributed by atoms with Crippen LogP contribution in [0.4, 0.5) is 4.39 Å². The second kappa shape index (κ2) is 6.22. The molecule has 2 rings (SSSR count). The summed E-state index contributed by atoms with van der Waals surface area (Å²) < 4.78 is 16.1. The maximum atomic E-state index is 13.2. The van der Waals surface area contributed by atoms with E-state index < -0.39 is 0 Å². The van der Waals surface area contributed by atoms with Crippen LogP contribution < -0.4 is 10.0 Å². The van der Waals surface area contributed by atoms with Gasteiger partial charge in [0.15, 0.2) is 0 Å². The average molecular weight is 267 g/mol. The molecule has 0 bridgehead atoms. The number of aromatic amines is 1. The third-order valence-electron chi connectivity index (χ3n) is 2.97. The van der Waals surface area contributed by atoms with Crippen LogP contribution in [0, 0.1) is 5.82 Å². The number of nitrogens with one attached hydrogen (secondary N) is 3. The highest BCUT2D eigenvalue weighted by Gasteiger charge is 2.05. The Morgan fingerprint density at radius 2 is 2.28 bits per heavy atom. The van der Waals surface area contributed by atoms with Crippen LogP contribution in [0.3, 0.4) is 0 Å². The number of halogens is 1. The van der Waals surface area contributed by atoms with Crippen LogP contribution >= 0.6 is 12.8 Å². The van der Waals surface area contributed by atoms with Crippen LogP contribution in [-0.4, -0.2) is 24.1 Å². The van der Waals surface area contributed by atoms with Gasteiger partial charge in [0, 0.05) is 29.7 Å². The summed E-state index contributed by atoms with van der Waals surface area (Å²) in [5.74, 6) is -0.191. The first-order valence-corrected chi connectivity index (χ1v) is 6.51. The number of fused-ring (bicyclic) bond motifs is 1. The molecule has 18 heavy (non-hydrogen) atoms. The molecule has 1 atom stereocenters. The molecule has 2 aromatic rings. The van der Waals surface area contributed by atoms with E-state index in [1.807, 2.05) is 6.20 Å². The van der Waals surface area contributed by atoms with Crippen LogP contribution in [0.2, 0.25) is 0 Å². The Balaban J connectivity index is 1.93. The summed E-state index contributed by atoms with van der Waals surface area (Å²) >= 11 is 4.00. The zero-order valence-corrected chi connectivity index (χ0v) is 11.2. The lowest BCUT2D eigenvalue weighted by molar-refractivity contribution is 0.588. The maximum absolute atomic E-state index is 13.2. The van der Waals surface area contributed by atoms with Gasteiger partial charge in [0.05, 0.1) is 0 Å². The van der Waals surface area contributed by atoms with Crippen LogP contribution in [0.1, 0.15) is 12.5 Å². The van der Waals surface area contributed by atoms with E-state index in [2.05, 4.69) is 34.8 Å². The zero-order chi connectivity index (χ0) is 13.0. The van der Waals surface area contributed by atoms with E-state index in [-0.39, 0.29) is 5.82 Å². The maximum Gasteiger partial charge on any atom is 0.123 e. The Bertz CT molecular complexity index is 512. The number of H-pyrrole nitrogens is 1. The number of hydrogen-bond donors (Lipinski definition) is 4. The van der Waals surface area contributed by atoms with E-state index in [0.29, 0.717) is 6.04 Å². The van der Waals surface area contributed by atoms with Crippen molar-refractivity contribution in [1.82, 2.24) is 15.0 Å². The largest absolute Gasteiger partial charge is 0.361 e. The fourth-order valence-corrected chi connectivity index (χ4v) is 2.04. The molecule has 3 nitrogen and oxygen atoms in total. The molecule has 3 N–H and O–H groups in total. The number of aromatic nitrogens is 1. The molecule has 1 heterocycles. The van der Waals surface area contributed by atoms with Crippen molar-refractivity contribution in [3.63, 3.8) is 0 Å². The summed E-state index contributed by atoms with van der Waals surface area (Å²) in [7, 11) is 0. The summed E-state index contributed by atoms with van der Waals surface area (Å²) in [5, 5.41) is 4.30. The van der Waals surface area contributed by atoms with E-state index in [1.54, 1.807) is 12.1 Å². The van der Waals surface area contributed by atoms with Crippen molar-refractivity contribution in [2.24, 2.45) is 0 Å². The van der Waals surface area contributed by atoms with Crippen molar-refractivity contribution in [1.29, 1.82) is 0 Å². The summed E-state index contributed by atoms with van der Waals surface area (Å²) in [5.41, 5.74) is 2.13. The van der Waals surface area contributed by atoms with E-state index in [1.165, 1.54) is 6.07 Å². The van der Waals surface area contributed by atoms with E-state index >= 15 is 0 Å². The minimum Gasteiger partial charge on any atom is -0.361 e. The summed E-state index contributed by atoms with van der Waals surface area (Å²) in [6, 6.07) is 5.16. The van der Waals surface area contributed by atoms with Crippen LogP contribution in [0.5, 0.6) is 0 Å². The van der Waals surface area contributed by atoms with Crippen molar-refractivity contribution < 1.29 is 4.39 Å². The van der Waals surface area contributed by atoms with Gasteiger partial charge >= 0.3 is 0 Å². The van der Waals surface area contributed by atoms with Gasteiger partial charge in [0.1, 0.15) is 5.82 Å². The van der Waals surface area contributed by atoms with Gasteiger partial charge in [-0.25, -0.2) is 4.39 Å². The van der Waals surface area contributed by atoms with Gasteiger partial charge in [-0.2, -0.15) is 0 Å². The molecular formula is C13H18FN3S. The average Bonchev–Trinajstić information content (AvgIpc) is 2.77. The van der Waals surface area contributed by atoms with Crippen LogP contribution in [0.25, 0.3) is 10.9 Å². The molecular weight excluding hydrogens is 249 g/mol. The lowest BCUT2D eigenvalue weighted by Gasteiger charge is -2.10. The van der Waals surface area contributed by atoms with Gasteiger partial charge in [-0.05, 0) is 43.7 Å². The molecule has 0 aliphatic carbocycles. The minimum absolute atomic E-state index is 0.191. The van der Waals surface area contributed by atoms with Crippen molar-refractivity contribution in [3.05, 3.63) is 35.8 Å². The molecule has 0 unspecified atom stereocenters. The van der Waals surface area contributed by atoms with Crippen LogP contribution in [-0.2, 0) is 6.42 Å². The third kappa shape index (κ3) is 3.25.